The van der Waals surface area contributed by atoms with Crippen LogP contribution in [0.5, 0.6) is 5.75 Å². The molecule has 1 aromatic carbocycles. The highest BCUT2D eigenvalue weighted by molar-refractivity contribution is 9.10. The van der Waals surface area contributed by atoms with E-state index in [4.69, 9.17) is 16.3 Å². The normalized spacial score (nSPS) is 10.3. The van der Waals surface area contributed by atoms with Gasteiger partial charge in [-0.3, -0.25) is 0 Å². The van der Waals surface area contributed by atoms with E-state index in [-0.39, 0.29) is 0 Å². The average molecular weight is 342 g/mol. The van der Waals surface area contributed by atoms with Crippen molar-refractivity contribution in [3.8, 4) is 5.75 Å². The molecule has 0 aliphatic rings. The molecule has 0 amide bonds. The molecule has 0 aliphatic carbocycles. The van der Waals surface area contributed by atoms with Crippen molar-refractivity contribution in [1.82, 2.24) is 4.98 Å². The largest absolute Gasteiger partial charge is 0.496 e. The topological polar surface area (TPSA) is 34.1 Å². The van der Waals surface area contributed by atoms with Crippen molar-refractivity contribution in [2.45, 2.75) is 13.5 Å². The zero-order valence-electron chi connectivity index (χ0n) is 10.7. The molecule has 1 aromatic heterocycles. The van der Waals surface area contributed by atoms with E-state index in [0.717, 1.165) is 28.0 Å². The summed E-state index contributed by atoms with van der Waals surface area (Å²) < 4.78 is 6.02. The highest BCUT2D eigenvalue weighted by atomic mass is 79.9. The molecule has 0 radical (unpaired) electrons. The Balaban J connectivity index is 2.05. The van der Waals surface area contributed by atoms with Crippen molar-refractivity contribution >= 4 is 33.2 Å². The van der Waals surface area contributed by atoms with Gasteiger partial charge in [0.2, 0.25) is 0 Å². The molecule has 100 valence electrons. The van der Waals surface area contributed by atoms with Gasteiger partial charge >= 0.3 is 0 Å². The van der Waals surface area contributed by atoms with Crippen LogP contribution in [0.15, 0.2) is 34.9 Å². The lowest BCUT2D eigenvalue weighted by molar-refractivity contribution is 0.411. The first-order chi connectivity index (χ1) is 9.10. The molecule has 0 fully saturated rings. The summed E-state index contributed by atoms with van der Waals surface area (Å²) in [5.74, 6) is 0.902. The summed E-state index contributed by atoms with van der Waals surface area (Å²) >= 11 is 9.20. The Bertz CT molecular complexity index is 590. The van der Waals surface area contributed by atoms with Crippen molar-refractivity contribution in [3.63, 3.8) is 0 Å². The molecule has 0 aliphatic heterocycles. The van der Waals surface area contributed by atoms with Gasteiger partial charge in [0.1, 0.15) is 10.9 Å². The van der Waals surface area contributed by atoms with E-state index in [1.165, 1.54) is 5.56 Å². The minimum absolute atomic E-state index is 0.464. The number of nitrogens with zero attached hydrogens (tertiary/aromatic N) is 1. The fourth-order valence-corrected chi connectivity index (χ4v) is 2.22. The molecule has 2 rings (SSSR count). The lowest BCUT2D eigenvalue weighted by Gasteiger charge is -2.10. The second kappa shape index (κ2) is 6.26. The molecule has 0 spiro atoms. The van der Waals surface area contributed by atoms with E-state index < -0.39 is 0 Å². The SMILES string of the molecule is COc1ccc(CNc2cnc(Cl)c(Br)c2)cc1C. The Morgan fingerprint density at radius 1 is 1.37 bits per heavy atom. The molecule has 0 bridgehead atoms. The van der Waals surface area contributed by atoms with E-state index in [2.05, 4.69) is 32.3 Å². The third-order valence-corrected chi connectivity index (χ3v) is 3.89. The summed E-state index contributed by atoms with van der Waals surface area (Å²) in [5.41, 5.74) is 3.23. The Kier molecular flexibility index (Phi) is 4.66. The predicted molar refractivity (Wildman–Crippen MR) is 82.0 cm³/mol. The quantitative estimate of drug-likeness (QED) is 0.836. The Hall–Kier alpha value is -1.26. The number of hydrogen-bond acceptors (Lipinski definition) is 3. The number of rotatable bonds is 4. The molecule has 0 saturated carbocycles. The summed E-state index contributed by atoms with van der Waals surface area (Å²) in [6.45, 7) is 2.75. The van der Waals surface area contributed by atoms with Crippen molar-refractivity contribution in [1.29, 1.82) is 0 Å². The maximum atomic E-state index is 5.85. The van der Waals surface area contributed by atoms with Crippen molar-refractivity contribution in [2.75, 3.05) is 12.4 Å². The van der Waals surface area contributed by atoms with Crippen LogP contribution in [0.2, 0.25) is 5.15 Å². The summed E-state index contributed by atoms with van der Waals surface area (Å²) in [7, 11) is 1.68. The summed E-state index contributed by atoms with van der Waals surface area (Å²) in [5, 5.41) is 3.77. The molecule has 5 heteroatoms. The van der Waals surface area contributed by atoms with Crippen LogP contribution in [0.3, 0.4) is 0 Å². The molecule has 0 saturated heterocycles. The first-order valence-electron chi connectivity index (χ1n) is 5.78. The van der Waals surface area contributed by atoms with Crippen LogP contribution in [0.25, 0.3) is 0 Å². The van der Waals surface area contributed by atoms with E-state index in [1.54, 1.807) is 13.3 Å². The van der Waals surface area contributed by atoms with Gasteiger partial charge in [-0.2, -0.15) is 0 Å². The lowest BCUT2D eigenvalue weighted by atomic mass is 10.1. The van der Waals surface area contributed by atoms with Gasteiger partial charge in [0.15, 0.2) is 0 Å². The number of benzene rings is 1. The molecule has 0 unspecified atom stereocenters. The van der Waals surface area contributed by atoms with Gasteiger partial charge in [-0.1, -0.05) is 23.7 Å². The monoisotopic (exact) mass is 340 g/mol. The zero-order chi connectivity index (χ0) is 13.8. The van der Waals surface area contributed by atoms with Gasteiger partial charge in [0.25, 0.3) is 0 Å². The van der Waals surface area contributed by atoms with Crippen LogP contribution in [0.4, 0.5) is 5.69 Å². The van der Waals surface area contributed by atoms with Crippen molar-refractivity contribution in [3.05, 3.63) is 51.2 Å². The third-order valence-electron chi connectivity index (χ3n) is 2.75. The third kappa shape index (κ3) is 3.61. The fourth-order valence-electron chi connectivity index (χ4n) is 1.77. The molecule has 3 nitrogen and oxygen atoms in total. The van der Waals surface area contributed by atoms with Crippen LogP contribution in [0.1, 0.15) is 11.1 Å². The Morgan fingerprint density at radius 3 is 2.79 bits per heavy atom. The van der Waals surface area contributed by atoms with E-state index in [1.807, 2.05) is 25.1 Å². The maximum Gasteiger partial charge on any atom is 0.143 e. The van der Waals surface area contributed by atoms with Gasteiger partial charge in [-0.25, -0.2) is 4.98 Å². The minimum Gasteiger partial charge on any atom is -0.496 e. The molecule has 1 N–H and O–H groups in total. The first-order valence-corrected chi connectivity index (χ1v) is 6.95. The number of aryl methyl sites for hydroxylation is 1. The van der Waals surface area contributed by atoms with Gasteiger partial charge in [0, 0.05) is 6.54 Å². The molecule has 0 atom stereocenters. The standard InChI is InChI=1S/C14H14BrClN2O/c1-9-5-10(3-4-13(9)19-2)7-17-11-6-12(15)14(16)18-8-11/h3-6,8,17H,7H2,1-2H3. The summed E-state index contributed by atoms with van der Waals surface area (Å²) in [6, 6.07) is 8.02. The highest BCUT2D eigenvalue weighted by Gasteiger charge is 2.02. The average Bonchev–Trinajstić information content (AvgIpc) is 2.40. The second-order valence-corrected chi connectivity index (χ2v) is 5.37. The smallest absolute Gasteiger partial charge is 0.143 e. The fraction of sp³-hybridized carbons (Fsp3) is 0.214. The molecule has 19 heavy (non-hydrogen) atoms. The van der Waals surface area contributed by atoms with Gasteiger partial charge in [-0.05, 0) is 46.1 Å². The van der Waals surface area contributed by atoms with Crippen molar-refractivity contribution in [2.24, 2.45) is 0 Å². The maximum absolute atomic E-state index is 5.85. The number of halogens is 2. The number of methoxy groups -OCH3 is 1. The molecule has 1 heterocycles. The Labute approximate surface area is 126 Å². The van der Waals surface area contributed by atoms with Crippen LogP contribution in [-0.4, -0.2) is 12.1 Å². The van der Waals surface area contributed by atoms with E-state index in [9.17, 15) is 0 Å². The van der Waals surface area contributed by atoms with Gasteiger partial charge in [0.05, 0.1) is 23.5 Å². The highest BCUT2D eigenvalue weighted by Crippen LogP contribution is 2.24. The lowest BCUT2D eigenvalue weighted by Crippen LogP contribution is -2.00. The van der Waals surface area contributed by atoms with E-state index in [0.29, 0.717) is 5.15 Å². The molecular formula is C14H14BrClN2O. The zero-order valence-corrected chi connectivity index (χ0v) is 13.0. The second-order valence-electron chi connectivity index (χ2n) is 4.15. The predicted octanol–water partition coefficient (Wildman–Crippen LogP) is 4.43. The number of pyridine rings is 1. The van der Waals surface area contributed by atoms with Gasteiger partial charge < -0.3 is 10.1 Å². The number of ether oxygens (including phenoxy) is 1. The summed E-state index contributed by atoms with van der Waals surface area (Å²) in [4.78, 5) is 4.07. The molecular weight excluding hydrogens is 328 g/mol. The van der Waals surface area contributed by atoms with Crippen LogP contribution in [-0.2, 0) is 6.54 Å². The van der Waals surface area contributed by atoms with E-state index >= 15 is 0 Å². The number of nitrogens with one attached hydrogen (secondary N) is 1. The van der Waals surface area contributed by atoms with Crippen molar-refractivity contribution < 1.29 is 4.74 Å². The van der Waals surface area contributed by atoms with Gasteiger partial charge in [-0.15, -0.1) is 0 Å². The minimum atomic E-state index is 0.464. The number of hydrogen-bond donors (Lipinski definition) is 1. The van der Waals surface area contributed by atoms with Crippen LogP contribution >= 0.6 is 27.5 Å². The first kappa shape index (κ1) is 14.2. The van der Waals surface area contributed by atoms with Crippen LogP contribution in [0, 0.1) is 6.92 Å². The number of aromatic nitrogens is 1. The Morgan fingerprint density at radius 2 is 2.16 bits per heavy atom. The molecule has 2 aromatic rings. The number of anilines is 1. The van der Waals surface area contributed by atoms with Crippen LogP contribution < -0.4 is 10.1 Å². The summed E-state index contributed by atoms with van der Waals surface area (Å²) in [6.07, 6.45) is 1.71.